The summed E-state index contributed by atoms with van der Waals surface area (Å²) in [5.74, 6) is 0.702. The lowest BCUT2D eigenvalue weighted by atomic mass is 10.0. The molecule has 3 aromatic carbocycles. The van der Waals surface area contributed by atoms with Gasteiger partial charge >= 0.3 is 0 Å². The highest BCUT2D eigenvalue weighted by molar-refractivity contribution is 7.85. The number of ether oxygens (including phenoxy) is 1. The summed E-state index contributed by atoms with van der Waals surface area (Å²) >= 11 is 0. The van der Waals surface area contributed by atoms with Crippen molar-refractivity contribution in [2.45, 2.75) is 13.3 Å². The summed E-state index contributed by atoms with van der Waals surface area (Å²) in [5, 5.41) is 11.7. The van der Waals surface area contributed by atoms with E-state index in [0.29, 0.717) is 29.4 Å². The van der Waals surface area contributed by atoms with Crippen LogP contribution in [0.15, 0.2) is 82.0 Å². The third-order valence-electron chi connectivity index (χ3n) is 7.29. The number of carbonyl (C=O) groups excluding carboxylic acids is 1. The number of hydrogen-bond donors (Lipinski definition) is 2. The molecule has 0 saturated carbocycles. The molecule has 0 unspecified atom stereocenters. The molecule has 0 aliphatic carbocycles. The predicted octanol–water partition coefficient (Wildman–Crippen LogP) is 4.32. The van der Waals surface area contributed by atoms with Gasteiger partial charge in [0.25, 0.3) is 16.0 Å². The number of carbonyl (C=O) groups is 1. The summed E-state index contributed by atoms with van der Waals surface area (Å²) in [7, 11) is -1.98. The Morgan fingerprint density at radius 1 is 0.977 bits per heavy atom. The Morgan fingerprint density at radius 2 is 1.61 bits per heavy atom. The molecule has 0 spiro atoms. The minimum atomic E-state index is -3.67. The number of amides is 1. The smallest absolute Gasteiger partial charge is 0.281 e. The Hall–Kier alpha value is -4.23. The lowest BCUT2D eigenvalue weighted by molar-refractivity contribution is -0.0596. The molecular weight excluding hydrogens is 586 g/mol. The number of hydroxylamine groups is 2. The zero-order valence-electron chi connectivity index (χ0n) is 25.0. The Kier molecular flexibility index (Phi) is 10.8. The second-order valence-electron chi connectivity index (χ2n) is 10.4. The van der Waals surface area contributed by atoms with Crippen molar-refractivity contribution in [3.8, 4) is 17.1 Å². The summed E-state index contributed by atoms with van der Waals surface area (Å²) in [6, 6.07) is 22.2. The molecule has 1 aliphatic rings. The van der Waals surface area contributed by atoms with Gasteiger partial charge in [0.15, 0.2) is 11.0 Å². The zero-order valence-corrected chi connectivity index (χ0v) is 25.8. The summed E-state index contributed by atoms with van der Waals surface area (Å²) < 4.78 is 37.5. The number of rotatable bonds is 8. The van der Waals surface area contributed by atoms with Crippen molar-refractivity contribution in [3.05, 3.63) is 94.1 Å². The molecule has 5 rings (SSSR count). The maximum atomic E-state index is 13.2. The van der Waals surface area contributed by atoms with E-state index in [1.165, 1.54) is 0 Å². The molecule has 1 fully saturated rings. The molecule has 44 heavy (non-hydrogen) atoms. The van der Waals surface area contributed by atoms with Crippen molar-refractivity contribution < 1.29 is 32.1 Å². The molecule has 1 saturated heterocycles. The number of para-hydroxylation sites is 3. The molecule has 12 heteroatoms. The topological polar surface area (TPSA) is 141 Å². The van der Waals surface area contributed by atoms with E-state index in [-0.39, 0.29) is 23.1 Å². The van der Waals surface area contributed by atoms with Crippen LogP contribution in [0.1, 0.15) is 22.3 Å². The fourth-order valence-electron chi connectivity index (χ4n) is 5.13. The van der Waals surface area contributed by atoms with Gasteiger partial charge in [-0.1, -0.05) is 48.5 Å². The largest absolute Gasteiger partial charge is 0.495 e. The quantitative estimate of drug-likeness (QED) is 0.166. The van der Waals surface area contributed by atoms with Gasteiger partial charge in [0.05, 0.1) is 30.0 Å². The van der Waals surface area contributed by atoms with Crippen molar-refractivity contribution >= 4 is 32.7 Å². The van der Waals surface area contributed by atoms with E-state index in [1.807, 2.05) is 48.5 Å². The van der Waals surface area contributed by atoms with Gasteiger partial charge in [-0.15, -0.1) is 0 Å². The van der Waals surface area contributed by atoms with Crippen molar-refractivity contribution in [1.82, 2.24) is 9.96 Å². The van der Waals surface area contributed by atoms with Gasteiger partial charge in [-0.05, 0) is 37.6 Å². The molecule has 4 aromatic rings. The number of nitrogens with zero attached hydrogens (tertiary/aromatic N) is 3. The van der Waals surface area contributed by atoms with Crippen LogP contribution in [0.5, 0.6) is 5.75 Å². The minimum Gasteiger partial charge on any atom is -0.495 e. The summed E-state index contributed by atoms with van der Waals surface area (Å²) in [6.07, 6.45) is 1.33. The number of hydrogen-bond acceptors (Lipinski definition) is 9. The molecule has 0 radical (unpaired) electrons. The minimum absolute atomic E-state index is 0.162. The number of anilines is 1. The Bertz CT molecular complexity index is 1740. The van der Waals surface area contributed by atoms with Gasteiger partial charge in [0.2, 0.25) is 0 Å². The van der Waals surface area contributed by atoms with Crippen molar-refractivity contribution in [2.24, 2.45) is 0 Å². The van der Waals surface area contributed by atoms with Crippen molar-refractivity contribution in [3.63, 3.8) is 0 Å². The van der Waals surface area contributed by atoms with Crippen LogP contribution in [0, 0.1) is 6.92 Å². The van der Waals surface area contributed by atoms with Crippen LogP contribution >= 0.6 is 0 Å². The number of piperazine rings is 1. The average Bonchev–Trinajstić information content (AvgIpc) is 3.02. The highest BCUT2D eigenvalue weighted by atomic mass is 32.2. The first-order chi connectivity index (χ1) is 21.0. The molecule has 1 amide bonds. The van der Waals surface area contributed by atoms with E-state index in [0.717, 1.165) is 54.8 Å². The zero-order chi connectivity index (χ0) is 31.9. The Labute approximate surface area is 256 Å². The third kappa shape index (κ3) is 8.23. The van der Waals surface area contributed by atoms with Gasteiger partial charge in [-0.25, -0.2) is 5.06 Å². The fraction of sp³-hybridized carbons (Fsp3) is 0.312. The number of fused-ring (bicyclic) bond motifs is 1. The van der Waals surface area contributed by atoms with Gasteiger partial charge in [-0.3, -0.25) is 24.2 Å². The number of methoxy groups -OCH3 is 1. The standard InChI is InChI=1S/C31H33N3O5.CH4O3S/c1-22-28(35)24-12-8-13-25(30(24)39-29(22)23-10-4-3-5-11-23)31(36)34(37)17-9-16-32-18-20-33(21-19-32)26-14-6-7-15-27(26)38-2;1-5(2,3)4/h3-8,10-15,37H,9,16-21H2,1-2H3;1H3,(H,2,3,4). The van der Waals surface area contributed by atoms with Gasteiger partial charge < -0.3 is 14.1 Å². The second-order valence-corrected chi connectivity index (χ2v) is 11.9. The van der Waals surface area contributed by atoms with Gasteiger partial charge in [0.1, 0.15) is 11.5 Å². The molecule has 234 valence electrons. The fourth-order valence-corrected chi connectivity index (χ4v) is 5.13. The van der Waals surface area contributed by atoms with Crippen LogP contribution in [-0.4, -0.2) is 86.7 Å². The SMILES string of the molecule is COc1ccccc1N1CCN(CCCN(O)C(=O)c2cccc3c(=O)c(C)c(-c4ccccc4)oc23)CC1.CS(=O)(=O)O. The maximum Gasteiger partial charge on any atom is 0.281 e. The normalized spacial score (nSPS) is 13.7. The molecule has 11 nitrogen and oxygen atoms in total. The lowest BCUT2D eigenvalue weighted by Gasteiger charge is -2.36. The number of benzene rings is 3. The van der Waals surface area contributed by atoms with Crippen LogP contribution in [0.4, 0.5) is 5.69 Å². The van der Waals surface area contributed by atoms with Crippen LogP contribution in [-0.2, 0) is 10.1 Å². The van der Waals surface area contributed by atoms with E-state index in [9.17, 15) is 23.2 Å². The summed E-state index contributed by atoms with van der Waals surface area (Å²) in [5.41, 5.74) is 2.48. The highest BCUT2D eigenvalue weighted by Crippen LogP contribution is 2.29. The first kappa shape index (κ1) is 32.7. The van der Waals surface area contributed by atoms with E-state index in [1.54, 1.807) is 32.2 Å². The van der Waals surface area contributed by atoms with Crippen molar-refractivity contribution in [1.29, 1.82) is 0 Å². The summed E-state index contributed by atoms with van der Waals surface area (Å²) in [4.78, 5) is 31.0. The summed E-state index contributed by atoms with van der Waals surface area (Å²) in [6.45, 7) is 6.16. The molecule has 1 aliphatic heterocycles. The van der Waals surface area contributed by atoms with E-state index in [4.69, 9.17) is 13.7 Å². The van der Waals surface area contributed by atoms with Crippen LogP contribution < -0.4 is 15.1 Å². The molecule has 2 heterocycles. The van der Waals surface area contributed by atoms with Crippen LogP contribution in [0.25, 0.3) is 22.3 Å². The molecular formula is C32H37N3O8S. The maximum absolute atomic E-state index is 13.2. The first-order valence-electron chi connectivity index (χ1n) is 14.1. The molecule has 1 aromatic heterocycles. The predicted molar refractivity (Wildman–Crippen MR) is 169 cm³/mol. The van der Waals surface area contributed by atoms with E-state index >= 15 is 0 Å². The Morgan fingerprint density at radius 3 is 2.27 bits per heavy atom. The van der Waals surface area contributed by atoms with Gasteiger partial charge in [-0.2, -0.15) is 8.42 Å². The first-order valence-corrected chi connectivity index (χ1v) is 16.0. The second kappa shape index (κ2) is 14.5. The molecule has 0 atom stereocenters. The van der Waals surface area contributed by atoms with E-state index < -0.39 is 16.0 Å². The highest BCUT2D eigenvalue weighted by Gasteiger charge is 2.23. The van der Waals surface area contributed by atoms with Crippen LogP contribution in [0.3, 0.4) is 0 Å². The van der Waals surface area contributed by atoms with E-state index in [2.05, 4.69) is 15.9 Å². The van der Waals surface area contributed by atoms with Gasteiger partial charge in [0, 0.05) is 50.4 Å². The van der Waals surface area contributed by atoms with Crippen LogP contribution in [0.2, 0.25) is 0 Å². The monoisotopic (exact) mass is 623 g/mol. The van der Waals surface area contributed by atoms with Crippen molar-refractivity contribution in [2.75, 3.05) is 57.5 Å². The molecule has 2 N–H and O–H groups in total. The third-order valence-corrected chi connectivity index (χ3v) is 7.29. The Balaban J connectivity index is 0.000000818. The lowest BCUT2D eigenvalue weighted by Crippen LogP contribution is -2.47. The average molecular weight is 624 g/mol. The molecule has 0 bridgehead atoms.